The molecule has 0 radical (unpaired) electrons. The quantitative estimate of drug-likeness (QED) is 0.860. The van der Waals surface area contributed by atoms with Crippen LogP contribution < -0.4 is 5.73 Å². The molecule has 1 fully saturated rings. The van der Waals surface area contributed by atoms with Crippen molar-refractivity contribution in [2.24, 2.45) is 17.1 Å². The number of carbonyl (C=O) groups excluding carboxylic acids is 1. The molecule has 1 saturated carbocycles. The van der Waals surface area contributed by atoms with Crippen molar-refractivity contribution in [1.82, 2.24) is 0 Å². The molecule has 2 unspecified atom stereocenters. The van der Waals surface area contributed by atoms with Crippen molar-refractivity contribution >= 4 is 5.97 Å². The Labute approximate surface area is 121 Å². The molecule has 1 aromatic carbocycles. The predicted molar refractivity (Wildman–Crippen MR) is 80.0 cm³/mol. The van der Waals surface area contributed by atoms with Gasteiger partial charge in [0.1, 0.15) is 12.1 Å². The molecule has 0 aliphatic heterocycles. The Balaban J connectivity index is 1.97. The van der Waals surface area contributed by atoms with Gasteiger partial charge in [-0.05, 0) is 36.2 Å². The van der Waals surface area contributed by atoms with Gasteiger partial charge in [0.25, 0.3) is 0 Å². The van der Waals surface area contributed by atoms with Crippen LogP contribution in [0.25, 0.3) is 0 Å². The molecule has 0 aromatic heterocycles. The van der Waals surface area contributed by atoms with Gasteiger partial charge in [0.05, 0.1) is 0 Å². The Morgan fingerprint density at radius 2 is 1.95 bits per heavy atom. The second-order valence-electron chi connectivity index (χ2n) is 6.86. The minimum Gasteiger partial charge on any atom is -0.461 e. The molecule has 0 bridgehead atoms. The molecule has 0 heterocycles. The van der Waals surface area contributed by atoms with Gasteiger partial charge in [-0.25, -0.2) is 4.79 Å². The van der Waals surface area contributed by atoms with Crippen LogP contribution in [0.15, 0.2) is 30.3 Å². The van der Waals surface area contributed by atoms with Crippen LogP contribution in [0.4, 0.5) is 0 Å². The molecule has 3 nitrogen and oxygen atoms in total. The fourth-order valence-electron chi connectivity index (χ4n) is 3.38. The molecular formula is C17H25NO2. The summed E-state index contributed by atoms with van der Waals surface area (Å²) in [5.74, 6) is 0.274. The van der Waals surface area contributed by atoms with Crippen molar-refractivity contribution in [3.05, 3.63) is 35.9 Å². The van der Waals surface area contributed by atoms with Gasteiger partial charge >= 0.3 is 5.97 Å². The van der Waals surface area contributed by atoms with Crippen molar-refractivity contribution in [1.29, 1.82) is 0 Å². The van der Waals surface area contributed by atoms with E-state index in [1.165, 1.54) is 6.42 Å². The van der Waals surface area contributed by atoms with Gasteiger partial charge in [-0.1, -0.05) is 51.1 Å². The van der Waals surface area contributed by atoms with Gasteiger partial charge in [0.2, 0.25) is 0 Å². The lowest BCUT2D eigenvalue weighted by atomic mass is 9.71. The summed E-state index contributed by atoms with van der Waals surface area (Å²) < 4.78 is 5.65. The van der Waals surface area contributed by atoms with Crippen LogP contribution in [0.5, 0.6) is 0 Å². The van der Waals surface area contributed by atoms with Crippen LogP contribution >= 0.6 is 0 Å². The van der Waals surface area contributed by atoms with Crippen molar-refractivity contribution in [3.63, 3.8) is 0 Å². The summed E-state index contributed by atoms with van der Waals surface area (Å²) in [4.78, 5) is 12.2. The monoisotopic (exact) mass is 275 g/mol. The van der Waals surface area contributed by atoms with E-state index < -0.39 is 6.04 Å². The van der Waals surface area contributed by atoms with Crippen molar-refractivity contribution < 1.29 is 9.53 Å². The third kappa shape index (κ3) is 3.83. The molecule has 0 amide bonds. The maximum atomic E-state index is 12.2. The first-order valence-corrected chi connectivity index (χ1v) is 7.38. The normalized spacial score (nSPS) is 26.8. The van der Waals surface area contributed by atoms with Crippen molar-refractivity contribution in [3.8, 4) is 0 Å². The molecule has 1 aliphatic carbocycles. The fourth-order valence-corrected chi connectivity index (χ4v) is 3.38. The second-order valence-corrected chi connectivity index (χ2v) is 6.86. The first-order chi connectivity index (χ1) is 9.37. The lowest BCUT2D eigenvalue weighted by Gasteiger charge is -2.38. The highest BCUT2D eigenvalue weighted by Crippen LogP contribution is 2.39. The van der Waals surface area contributed by atoms with E-state index in [2.05, 4.69) is 20.8 Å². The fraction of sp³-hybridized carbons (Fsp3) is 0.588. The topological polar surface area (TPSA) is 52.3 Å². The molecule has 2 rings (SSSR count). The summed E-state index contributed by atoms with van der Waals surface area (Å²) in [6.07, 6.45) is 3.04. The number of esters is 1. The maximum absolute atomic E-state index is 12.2. The van der Waals surface area contributed by atoms with Gasteiger partial charge in [-0.15, -0.1) is 0 Å². The number of ether oxygens (including phenoxy) is 1. The number of nitrogens with two attached hydrogens (primary N) is 1. The van der Waals surface area contributed by atoms with Crippen LogP contribution in [-0.4, -0.2) is 12.1 Å². The zero-order valence-corrected chi connectivity index (χ0v) is 12.6. The van der Waals surface area contributed by atoms with Gasteiger partial charge in [-0.3, -0.25) is 0 Å². The first kappa shape index (κ1) is 15.0. The van der Waals surface area contributed by atoms with Gasteiger partial charge in [0, 0.05) is 0 Å². The predicted octanol–water partition coefficient (Wildman–Crippen LogP) is 3.44. The van der Waals surface area contributed by atoms with Gasteiger partial charge < -0.3 is 10.5 Å². The Bertz CT molecular complexity index is 455. The van der Waals surface area contributed by atoms with Crippen LogP contribution in [0.2, 0.25) is 0 Å². The van der Waals surface area contributed by atoms with E-state index in [4.69, 9.17) is 10.5 Å². The van der Waals surface area contributed by atoms with Gasteiger partial charge in [0.15, 0.2) is 0 Å². The number of hydrogen-bond donors (Lipinski definition) is 1. The molecule has 0 spiro atoms. The minimum absolute atomic E-state index is 0.00369. The Hall–Kier alpha value is -1.35. The van der Waals surface area contributed by atoms with E-state index >= 15 is 0 Å². The average molecular weight is 275 g/mol. The second kappa shape index (κ2) is 5.96. The van der Waals surface area contributed by atoms with E-state index in [9.17, 15) is 4.79 Å². The summed E-state index contributed by atoms with van der Waals surface area (Å²) >= 11 is 0. The highest BCUT2D eigenvalue weighted by molar-refractivity contribution is 5.77. The zero-order chi connectivity index (χ0) is 14.8. The molecule has 3 atom stereocenters. The number of hydrogen-bond acceptors (Lipinski definition) is 3. The summed E-state index contributed by atoms with van der Waals surface area (Å²) in [5, 5.41) is 0. The third-order valence-corrected chi connectivity index (χ3v) is 4.04. The maximum Gasteiger partial charge on any atom is 0.327 e. The lowest BCUT2D eigenvalue weighted by molar-refractivity contribution is -0.155. The molecule has 3 heteroatoms. The summed E-state index contributed by atoms with van der Waals surface area (Å²) in [6.45, 7) is 6.69. The average Bonchev–Trinajstić information content (AvgIpc) is 2.36. The summed E-state index contributed by atoms with van der Waals surface area (Å²) in [6, 6.07) is 8.71. The molecule has 110 valence electrons. The molecule has 1 aliphatic rings. The molecule has 1 aromatic rings. The largest absolute Gasteiger partial charge is 0.461 e. The number of carbonyl (C=O) groups is 1. The lowest BCUT2D eigenvalue weighted by Crippen LogP contribution is -2.36. The van der Waals surface area contributed by atoms with Crippen LogP contribution in [0, 0.1) is 11.3 Å². The van der Waals surface area contributed by atoms with Gasteiger partial charge in [-0.2, -0.15) is 0 Å². The van der Waals surface area contributed by atoms with E-state index in [0.29, 0.717) is 5.92 Å². The molecule has 0 saturated heterocycles. The van der Waals surface area contributed by atoms with Crippen LogP contribution in [0.3, 0.4) is 0 Å². The minimum atomic E-state index is -0.684. The highest BCUT2D eigenvalue weighted by Gasteiger charge is 2.34. The zero-order valence-electron chi connectivity index (χ0n) is 12.6. The smallest absolute Gasteiger partial charge is 0.327 e. The van der Waals surface area contributed by atoms with Crippen LogP contribution in [0.1, 0.15) is 51.6 Å². The molecular weight excluding hydrogens is 250 g/mol. The first-order valence-electron chi connectivity index (χ1n) is 7.38. The van der Waals surface area contributed by atoms with E-state index in [1.54, 1.807) is 0 Å². The van der Waals surface area contributed by atoms with E-state index in [-0.39, 0.29) is 17.5 Å². The van der Waals surface area contributed by atoms with Crippen molar-refractivity contribution in [2.45, 2.75) is 52.2 Å². The number of benzene rings is 1. The Kier molecular flexibility index (Phi) is 4.48. The van der Waals surface area contributed by atoms with E-state index in [0.717, 1.165) is 18.4 Å². The summed E-state index contributed by atoms with van der Waals surface area (Å²) in [7, 11) is 0. The Morgan fingerprint density at radius 3 is 2.55 bits per heavy atom. The highest BCUT2D eigenvalue weighted by atomic mass is 16.5. The third-order valence-electron chi connectivity index (χ3n) is 4.04. The Morgan fingerprint density at radius 1 is 1.30 bits per heavy atom. The van der Waals surface area contributed by atoms with Crippen molar-refractivity contribution in [2.75, 3.05) is 0 Å². The SMILES string of the molecule is CC1CC(OC(=O)[C@H](N)c2ccccc2)CC(C)(C)C1. The molecule has 2 N–H and O–H groups in total. The molecule has 20 heavy (non-hydrogen) atoms. The number of rotatable bonds is 3. The summed E-state index contributed by atoms with van der Waals surface area (Å²) in [5.41, 5.74) is 7.03. The van der Waals surface area contributed by atoms with E-state index in [1.807, 2.05) is 30.3 Å². The standard InChI is InChI=1S/C17H25NO2/c1-12-9-14(11-17(2,3)10-12)20-16(19)15(18)13-7-5-4-6-8-13/h4-8,12,14-15H,9-11,18H2,1-3H3/t12?,14?,15-/m1/s1. The van der Waals surface area contributed by atoms with Crippen LogP contribution in [-0.2, 0) is 9.53 Å².